The van der Waals surface area contributed by atoms with Crippen molar-refractivity contribution in [2.24, 2.45) is 10.6 Å². The third-order valence-electron chi connectivity index (χ3n) is 8.73. The van der Waals surface area contributed by atoms with E-state index in [2.05, 4.69) is 21.1 Å². The van der Waals surface area contributed by atoms with Gasteiger partial charge in [-0.2, -0.15) is 0 Å². The average Bonchev–Trinajstić information content (AvgIpc) is 3.62. The second kappa shape index (κ2) is 15.0. The highest BCUT2D eigenvalue weighted by atomic mass is 35.5. The fourth-order valence-electron chi connectivity index (χ4n) is 6.07. The third kappa shape index (κ3) is 9.18. The third-order valence-corrected chi connectivity index (χ3v) is 9.03. The summed E-state index contributed by atoms with van der Waals surface area (Å²) >= 11 is 6.45. The summed E-state index contributed by atoms with van der Waals surface area (Å²) in [5, 5.41) is 12.8. The van der Waals surface area contributed by atoms with Gasteiger partial charge in [-0.05, 0) is 51.5 Å². The van der Waals surface area contributed by atoms with Crippen LogP contribution in [0.1, 0.15) is 92.6 Å². The van der Waals surface area contributed by atoms with Gasteiger partial charge in [-0.1, -0.05) is 50.9 Å². The van der Waals surface area contributed by atoms with E-state index in [-0.39, 0.29) is 31.8 Å². The normalized spacial score (nSPS) is 21.4. The predicted octanol–water partition coefficient (Wildman–Crippen LogP) is 3.89. The monoisotopic (exact) mass is 719 g/mol. The lowest BCUT2D eigenvalue weighted by atomic mass is 9.85. The molecule has 0 radical (unpaired) electrons. The molecule has 15 heteroatoms. The molecule has 1 spiro atoms. The van der Waals surface area contributed by atoms with Gasteiger partial charge in [0.15, 0.2) is 5.60 Å². The summed E-state index contributed by atoms with van der Waals surface area (Å²) < 4.78 is 16.4. The molecule has 0 bridgehead atoms. The van der Waals surface area contributed by atoms with Crippen LogP contribution in [0.5, 0.6) is 11.5 Å². The van der Waals surface area contributed by atoms with Crippen molar-refractivity contribution in [3.8, 4) is 11.5 Å². The lowest BCUT2D eigenvalue weighted by Crippen LogP contribution is -2.59. The van der Waals surface area contributed by atoms with E-state index < -0.39 is 64.3 Å². The number of ketones is 1. The van der Waals surface area contributed by atoms with Gasteiger partial charge in [-0.25, -0.2) is 4.79 Å². The van der Waals surface area contributed by atoms with Crippen molar-refractivity contribution in [3.63, 3.8) is 0 Å². The number of nitrogens with one attached hydrogen (secondary N) is 3. The zero-order valence-corrected chi connectivity index (χ0v) is 31.1. The Morgan fingerprint density at radius 1 is 1.04 bits per heavy atom. The van der Waals surface area contributed by atoms with Gasteiger partial charge in [0.05, 0.1) is 37.5 Å². The number of oxime groups is 1. The Kier molecular flexibility index (Phi) is 11.6. The first-order chi connectivity index (χ1) is 23.3. The summed E-state index contributed by atoms with van der Waals surface area (Å²) in [5.41, 5.74) is -1.74. The molecule has 50 heavy (non-hydrogen) atoms. The number of nitrogens with zero attached hydrogens (tertiary/aromatic N) is 2. The van der Waals surface area contributed by atoms with Crippen LogP contribution in [0.15, 0.2) is 17.3 Å². The van der Waals surface area contributed by atoms with Crippen molar-refractivity contribution in [3.05, 3.63) is 22.7 Å². The number of carbonyl (C=O) groups excluding carboxylic acids is 5. The van der Waals surface area contributed by atoms with Crippen LogP contribution in [-0.4, -0.2) is 96.3 Å². The van der Waals surface area contributed by atoms with Gasteiger partial charge < -0.3 is 39.9 Å². The number of hydrogen-bond donors (Lipinski definition) is 3. The summed E-state index contributed by atoms with van der Waals surface area (Å²) in [6.45, 7) is 12.3. The van der Waals surface area contributed by atoms with Gasteiger partial charge >= 0.3 is 6.09 Å². The van der Waals surface area contributed by atoms with Gasteiger partial charge in [-0.15, -0.1) is 0 Å². The quantitative estimate of drug-likeness (QED) is 0.271. The van der Waals surface area contributed by atoms with Crippen LogP contribution < -0.4 is 25.4 Å². The minimum Gasteiger partial charge on any atom is -0.496 e. The molecule has 3 N–H and O–H groups in total. The van der Waals surface area contributed by atoms with E-state index >= 15 is 0 Å². The van der Waals surface area contributed by atoms with Crippen molar-refractivity contribution in [1.29, 1.82) is 0 Å². The van der Waals surface area contributed by atoms with Crippen LogP contribution in [0, 0.1) is 5.41 Å². The van der Waals surface area contributed by atoms with Gasteiger partial charge in [0, 0.05) is 30.5 Å². The number of benzene rings is 1. The van der Waals surface area contributed by atoms with Crippen LogP contribution in [0.3, 0.4) is 0 Å². The minimum absolute atomic E-state index is 0.00832. The zero-order valence-electron chi connectivity index (χ0n) is 30.4. The Balaban J connectivity index is 1.66. The molecule has 4 atom stereocenters. The van der Waals surface area contributed by atoms with E-state index in [1.807, 2.05) is 6.92 Å². The zero-order chi connectivity index (χ0) is 37.2. The molecule has 1 aromatic rings. The van der Waals surface area contributed by atoms with Crippen LogP contribution >= 0.6 is 11.6 Å². The molecule has 0 aromatic heterocycles. The summed E-state index contributed by atoms with van der Waals surface area (Å²) in [6.07, 6.45) is 1.74. The molecule has 2 aliphatic heterocycles. The molecule has 1 aromatic carbocycles. The lowest BCUT2D eigenvalue weighted by Gasteiger charge is -2.36. The number of rotatable bonds is 12. The van der Waals surface area contributed by atoms with E-state index in [9.17, 15) is 24.0 Å². The van der Waals surface area contributed by atoms with Crippen LogP contribution in [0.4, 0.5) is 4.79 Å². The Bertz CT molecular complexity index is 1530. The molecular weight excluding hydrogens is 670 g/mol. The maximum Gasteiger partial charge on any atom is 0.408 e. The molecule has 2 heterocycles. The standard InChI is InChI=1S/C35H50ClN5O9/c1-10-11-22(27(42)30(44)37-19-12-13-19)38-29(43)24-17-35(16-23(40-50-35)20-14-21(36)26(48-9)15-25(20)47-8)18-41(24)31(45)28(33(2,3)4)39-32(46)49-34(5,6)7/h14-15,19,22,24,28H,10-13,16-18H2,1-9H3,(H,37,44)(H,38,43)(H,39,46)/t22-,24-,28+,35+/m0/s1. The van der Waals surface area contributed by atoms with Crippen molar-refractivity contribution in [1.82, 2.24) is 20.9 Å². The molecule has 276 valence electrons. The van der Waals surface area contributed by atoms with Gasteiger partial charge in [-0.3, -0.25) is 19.2 Å². The molecule has 0 unspecified atom stereocenters. The first-order valence-corrected chi connectivity index (χ1v) is 17.3. The summed E-state index contributed by atoms with van der Waals surface area (Å²) in [4.78, 5) is 74.9. The molecule has 1 aliphatic carbocycles. The van der Waals surface area contributed by atoms with E-state index in [4.69, 9.17) is 30.6 Å². The van der Waals surface area contributed by atoms with Gasteiger partial charge in [0.1, 0.15) is 29.2 Å². The van der Waals surface area contributed by atoms with E-state index in [0.717, 1.165) is 12.8 Å². The summed E-state index contributed by atoms with van der Waals surface area (Å²) in [7, 11) is 2.99. The van der Waals surface area contributed by atoms with Crippen molar-refractivity contribution >= 4 is 46.9 Å². The second-order valence-electron chi connectivity index (χ2n) is 15.3. The Hall–Kier alpha value is -4.07. The first-order valence-electron chi connectivity index (χ1n) is 16.9. The maximum absolute atomic E-state index is 14.5. The van der Waals surface area contributed by atoms with E-state index in [0.29, 0.717) is 34.2 Å². The van der Waals surface area contributed by atoms with Gasteiger partial charge in [0.25, 0.3) is 5.91 Å². The number of hydrogen-bond acceptors (Lipinski definition) is 10. The number of likely N-dealkylation sites (tertiary alicyclic amines) is 1. The number of halogens is 1. The average molecular weight is 720 g/mol. The number of amides is 4. The Morgan fingerprint density at radius 2 is 1.70 bits per heavy atom. The van der Waals surface area contributed by atoms with Crippen LogP contribution in [0.2, 0.25) is 5.02 Å². The molecule has 4 amide bonds. The maximum atomic E-state index is 14.5. The second-order valence-corrected chi connectivity index (χ2v) is 15.7. The van der Waals surface area contributed by atoms with Crippen LogP contribution in [-0.2, 0) is 28.8 Å². The highest BCUT2D eigenvalue weighted by Gasteiger charge is 2.56. The molecular formula is C35H50ClN5O9. The molecule has 1 saturated carbocycles. The number of Topliss-reactive ketones (excluding diaryl/α,β-unsaturated/α-hetero) is 1. The van der Waals surface area contributed by atoms with E-state index in [1.54, 1.807) is 53.7 Å². The first kappa shape index (κ1) is 38.7. The molecule has 3 aliphatic rings. The molecule has 4 rings (SSSR count). The number of alkyl carbamates (subject to hydrolysis) is 1. The molecule has 14 nitrogen and oxygen atoms in total. The summed E-state index contributed by atoms with van der Waals surface area (Å²) in [6, 6.07) is -0.0972. The fourth-order valence-corrected chi connectivity index (χ4v) is 6.31. The number of ether oxygens (including phenoxy) is 3. The molecule has 1 saturated heterocycles. The van der Waals surface area contributed by atoms with E-state index in [1.165, 1.54) is 19.1 Å². The highest BCUT2D eigenvalue weighted by molar-refractivity contribution is 6.38. The van der Waals surface area contributed by atoms with Crippen molar-refractivity contribution < 1.29 is 43.0 Å². The number of carbonyl (C=O) groups is 5. The van der Waals surface area contributed by atoms with Crippen molar-refractivity contribution in [2.45, 2.75) is 122 Å². The minimum atomic E-state index is -1.15. The Morgan fingerprint density at radius 3 is 2.26 bits per heavy atom. The highest BCUT2D eigenvalue weighted by Crippen LogP contribution is 2.42. The number of methoxy groups -OCH3 is 2. The molecule has 2 fully saturated rings. The smallest absolute Gasteiger partial charge is 0.408 e. The van der Waals surface area contributed by atoms with Gasteiger partial charge in [0.2, 0.25) is 17.6 Å². The lowest BCUT2D eigenvalue weighted by molar-refractivity contribution is -0.144. The van der Waals surface area contributed by atoms with Crippen LogP contribution in [0.25, 0.3) is 0 Å². The van der Waals surface area contributed by atoms with Crippen molar-refractivity contribution in [2.75, 3.05) is 20.8 Å². The predicted molar refractivity (Wildman–Crippen MR) is 185 cm³/mol. The Labute approximate surface area is 298 Å². The fraction of sp³-hybridized carbons (Fsp3) is 0.657. The largest absolute Gasteiger partial charge is 0.496 e. The summed E-state index contributed by atoms with van der Waals surface area (Å²) in [5.74, 6) is -1.83. The SMILES string of the molecule is CCC[C@H](NC(=O)[C@@H]1C[C@]2(CC(c3cc(Cl)c(OC)cc3OC)=NO2)CN1C(=O)[C@@H](NC(=O)OC(C)(C)C)C(C)(C)C)C(=O)C(=O)NC1CC1. The topological polar surface area (TPSA) is 174 Å².